The van der Waals surface area contributed by atoms with Crippen LogP contribution in [0.4, 0.5) is 0 Å². The number of ether oxygens (including phenoxy) is 1. The summed E-state index contributed by atoms with van der Waals surface area (Å²) in [6, 6.07) is 9.96. The van der Waals surface area contributed by atoms with Gasteiger partial charge in [0.05, 0.1) is 19.6 Å². The van der Waals surface area contributed by atoms with Gasteiger partial charge < -0.3 is 19.4 Å². The summed E-state index contributed by atoms with van der Waals surface area (Å²) >= 11 is 0. The fraction of sp³-hybridized carbons (Fsp3) is 0.444. The van der Waals surface area contributed by atoms with Crippen molar-refractivity contribution >= 4 is 46.9 Å². The quantitative estimate of drug-likeness (QED) is 0.333. The molecule has 0 radical (unpaired) electrons. The number of hydrogen-bond donors (Lipinski definition) is 1. The summed E-state index contributed by atoms with van der Waals surface area (Å²) in [7, 11) is 3.18. The Morgan fingerprint density at radius 1 is 1.40 bits per heavy atom. The Hall–Kier alpha value is -1.77. The molecule has 1 aliphatic rings. The van der Waals surface area contributed by atoms with E-state index in [1.165, 1.54) is 7.11 Å². The number of para-hydroxylation sites is 1. The van der Waals surface area contributed by atoms with Crippen LogP contribution in [0.1, 0.15) is 12.7 Å². The average Bonchev–Trinajstić information content (AvgIpc) is 3.18. The molecule has 6 nitrogen and oxygen atoms in total. The number of fused-ring (bicyclic) bond motifs is 1. The minimum Gasteiger partial charge on any atom is -0.469 e. The Bertz CT molecular complexity index is 726. The van der Waals surface area contributed by atoms with Crippen LogP contribution in [0, 0.1) is 11.8 Å². The number of methoxy groups -OCH3 is 1. The van der Waals surface area contributed by atoms with E-state index in [1.54, 1.807) is 7.05 Å². The molecule has 0 saturated carbocycles. The lowest BCUT2D eigenvalue weighted by Gasteiger charge is -2.21. The van der Waals surface area contributed by atoms with Crippen LogP contribution < -0.4 is 5.32 Å². The molecular formula is C18H24IN3O3. The van der Waals surface area contributed by atoms with E-state index < -0.39 is 0 Å². The fourth-order valence-corrected chi connectivity index (χ4v) is 3.22. The van der Waals surface area contributed by atoms with Crippen molar-refractivity contribution in [2.24, 2.45) is 16.8 Å². The number of aliphatic imine (C=N–C) groups is 1. The molecule has 1 saturated heterocycles. The van der Waals surface area contributed by atoms with Crippen molar-refractivity contribution in [3.8, 4) is 0 Å². The second-order valence-electron chi connectivity index (χ2n) is 6.16. The van der Waals surface area contributed by atoms with E-state index >= 15 is 0 Å². The van der Waals surface area contributed by atoms with Crippen molar-refractivity contribution in [2.75, 3.05) is 27.2 Å². The normalized spacial score (nSPS) is 20.4. The SMILES string of the molecule is CN=C(NCc1cc2ccccc2o1)N1CC(C)C(C(=O)OC)C1.I. The molecule has 2 aromatic rings. The van der Waals surface area contributed by atoms with Crippen LogP contribution in [-0.2, 0) is 16.1 Å². The Morgan fingerprint density at radius 2 is 2.16 bits per heavy atom. The number of nitrogens with zero attached hydrogens (tertiary/aromatic N) is 2. The smallest absolute Gasteiger partial charge is 0.310 e. The van der Waals surface area contributed by atoms with E-state index in [1.807, 2.05) is 30.3 Å². The summed E-state index contributed by atoms with van der Waals surface area (Å²) < 4.78 is 10.7. The highest BCUT2D eigenvalue weighted by Gasteiger charge is 2.36. The minimum absolute atomic E-state index is 0. The molecule has 1 aliphatic heterocycles. The first-order valence-electron chi connectivity index (χ1n) is 8.13. The third-order valence-corrected chi connectivity index (χ3v) is 4.52. The molecule has 1 fully saturated rings. The monoisotopic (exact) mass is 457 g/mol. The lowest BCUT2D eigenvalue weighted by Crippen LogP contribution is -2.40. The topological polar surface area (TPSA) is 67.1 Å². The van der Waals surface area contributed by atoms with Gasteiger partial charge in [0.25, 0.3) is 0 Å². The Kier molecular flexibility index (Phi) is 6.69. The highest BCUT2D eigenvalue weighted by atomic mass is 127. The predicted octanol–water partition coefficient (Wildman–Crippen LogP) is 2.87. The highest BCUT2D eigenvalue weighted by Crippen LogP contribution is 2.24. The molecule has 1 N–H and O–H groups in total. The number of hydrogen-bond acceptors (Lipinski definition) is 4. The van der Waals surface area contributed by atoms with Gasteiger partial charge >= 0.3 is 5.97 Å². The maximum Gasteiger partial charge on any atom is 0.310 e. The van der Waals surface area contributed by atoms with E-state index in [0.29, 0.717) is 13.1 Å². The number of halogens is 1. The number of carbonyl (C=O) groups is 1. The molecule has 1 aromatic carbocycles. The molecule has 7 heteroatoms. The molecule has 2 heterocycles. The van der Waals surface area contributed by atoms with Crippen LogP contribution in [0.3, 0.4) is 0 Å². The number of guanidine groups is 1. The predicted molar refractivity (Wildman–Crippen MR) is 108 cm³/mol. The lowest BCUT2D eigenvalue weighted by molar-refractivity contribution is -0.145. The van der Waals surface area contributed by atoms with Gasteiger partial charge in [0.2, 0.25) is 0 Å². The van der Waals surface area contributed by atoms with Gasteiger partial charge in [-0.2, -0.15) is 0 Å². The van der Waals surface area contributed by atoms with E-state index in [-0.39, 0.29) is 41.8 Å². The summed E-state index contributed by atoms with van der Waals surface area (Å²) in [5, 5.41) is 4.40. The number of nitrogens with one attached hydrogen (secondary N) is 1. The zero-order valence-electron chi connectivity index (χ0n) is 14.7. The van der Waals surface area contributed by atoms with Crippen LogP contribution in [0.2, 0.25) is 0 Å². The first-order valence-corrected chi connectivity index (χ1v) is 8.13. The van der Waals surface area contributed by atoms with Gasteiger partial charge in [-0.3, -0.25) is 9.79 Å². The molecule has 0 bridgehead atoms. The zero-order chi connectivity index (χ0) is 17.1. The molecule has 3 rings (SSSR count). The summed E-state index contributed by atoms with van der Waals surface area (Å²) in [6.07, 6.45) is 0. The molecular weight excluding hydrogens is 433 g/mol. The Labute approximate surface area is 164 Å². The molecule has 0 spiro atoms. The van der Waals surface area contributed by atoms with Gasteiger partial charge in [-0.1, -0.05) is 25.1 Å². The number of furan rings is 1. The number of benzene rings is 1. The van der Waals surface area contributed by atoms with Crippen LogP contribution >= 0.6 is 24.0 Å². The van der Waals surface area contributed by atoms with Gasteiger partial charge in [0.15, 0.2) is 5.96 Å². The van der Waals surface area contributed by atoms with Crippen molar-refractivity contribution in [3.05, 3.63) is 36.1 Å². The summed E-state index contributed by atoms with van der Waals surface area (Å²) in [5.74, 6) is 1.60. The van der Waals surface area contributed by atoms with Gasteiger partial charge in [0, 0.05) is 25.5 Å². The highest BCUT2D eigenvalue weighted by molar-refractivity contribution is 14.0. The number of rotatable bonds is 3. The van der Waals surface area contributed by atoms with E-state index in [2.05, 4.69) is 22.1 Å². The van der Waals surface area contributed by atoms with Gasteiger partial charge in [-0.15, -0.1) is 24.0 Å². The lowest BCUT2D eigenvalue weighted by atomic mass is 9.99. The first kappa shape index (κ1) is 19.6. The van der Waals surface area contributed by atoms with Crippen molar-refractivity contribution in [1.29, 1.82) is 0 Å². The van der Waals surface area contributed by atoms with Gasteiger partial charge in [-0.05, 0) is 18.1 Å². The molecule has 0 amide bonds. The standard InChI is InChI=1S/C18H23N3O3.HI/c1-12-10-21(11-15(12)17(22)23-3)18(19-2)20-9-14-8-13-6-4-5-7-16(13)24-14;/h4-8,12,15H,9-11H2,1-3H3,(H,19,20);1H. The van der Waals surface area contributed by atoms with Crippen LogP contribution in [0.25, 0.3) is 11.0 Å². The van der Waals surface area contributed by atoms with Gasteiger partial charge in [-0.25, -0.2) is 0 Å². The van der Waals surface area contributed by atoms with Crippen LogP contribution in [0.15, 0.2) is 39.7 Å². The van der Waals surface area contributed by atoms with E-state index in [9.17, 15) is 4.79 Å². The molecule has 2 atom stereocenters. The van der Waals surface area contributed by atoms with Crippen molar-refractivity contribution in [3.63, 3.8) is 0 Å². The molecule has 25 heavy (non-hydrogen) atoms. The first-order chi connectivity index (χ1) is 11.6. The summed E-state index contributed by atoms with van der Waals surface area (Å²) in [5.41, 5.74) is 0.879. The molecule has 2 unspecified atom stereocenters. The van der Waals surface area contributed by atoms with Crippen molar-refractivity contribution in [1.82, 2.24) is 10.2 Å². The molecule has 0 aliphatic carbocycles. The third-order valence-electron chi connectivity index (χ3n) is 4.52. The largest absolute Gasteiger partial charge is 0.469 e. The number of likely N-dealkylation sites (tertiary alicyclic amines) is 1. The van der Waals surface area contributed by atoms with Gasteiger partial charge in [0.1, 0.15) is 11.3 Å². The summed E-state index contributed by atoms with van der Waals surface area (Å²) in [4.78, 5) is 18.3. The van der Waals surface area contributed by atoms with Crippen molar-refractivity contribution < 1.29 is 13.9 Å². The Morgan fingerprint density at radius 3 is 2.84 bits per heavy atom. The fourth-order valence-electron chi connectivity index (χ4n) is 3.22. The minimum atomic E-state index is -0.155. The van der Waals surface area contributed by atoms with Crippen LogP contribution in [0.5, 0.6) is 0 Å². The van der Waals surface area contributed by atoms with Crippen molar-refractivity contribution in [2.45, 2.75) is 13.5 Å². The second-order valence-corrected chi connectivity index (χ2v) is 6.16. The maximum absolute atomic E-state index is 11.8. The molecule has 136 valence electrons. The van der Waals surface area contributed by atoms with Crippen LogP contribution in [-0.4, -0.2) is 44.1 Å². The Balaban J connectivity index is 0.00000225. The van der Waals surface area contributed by atoms with E-state index in [4.69, 9.17) is 9.15 Å². The number of carbonyl (C=O) groups excluding carboxylic acids is 1. The zero-order valence-corrected chi connectivity index (χ0v) is 17.0. The third kappa shape index (κ3) is 4.26. The second kappa shape index (κ2) is 8.55. The van der Waals surface area contributed by atoms with E-state index in [0.717, 1.165) is 29.2 Å². The number of esters is 1. The molecule has 1 aromatic heterocycles. The average molecular weight is 457 g/mol. The maximum atomic E-state index is 11.8. The summed E-state index contributed by atoms with van der Waals surface area (Å²) in [6.45, 7) is 4.01.